The molecule has 1 fully saturated rings. The number of nitrogens with zero attached hydrogens (tertiary/aromatic N) is 2. The number of aromatic nitrogens is 2. The van der Waals surface area contributed by atoms with Crippen molar-refractivity contribution in [2.75, 3.05) is 0 Å². The van der Waals surface area contributed by atoms with Gasteiger partial charge in [-0.05, 0) is 12.8 Å². The van der Waals surface area contributed by atoms with E-state index in [0.717, 1.165) is 12.8 Å². The molecule has 0 radical (unpaired) electrons. The fourth-order valence-electron chi connectivity index (χ4n) is 2.26. The summed E-state index contributed by atoms with van der Waals surface area (Å²) in [6.07, 6.45) is 8.18. The molecule has 15 heavy (non-hydrogen) atoms. The molecule has 1 saturated carbocycles. The molecule has 1 aromatic heterocycles. The number of hydrogen-bond acceptors (Lipinski definition) is 4. The van der Waals surface area contributed by atoms with E-state index in [2.05, 4.69) is 10.1 Å². The van der Waals surface area contributed by atoms with Crippen LogP contribution in [0.4, 0.5) is 0 Å². The monoisotopic (exact) mass is 209 g/mol. The summed E-state index contributed by atoms with van der Waals surface area (Å²) in [4.78, 5) is 4.28. The van der Waals surface area contributed by atoms with Crippen molar-refractivity contribution >= 4 is 0 Å². The second-order valence-corrected chi connectivity index (χ2v) is 4.56. The fourth-order valence-corrected chi connectivity index (χ4v) is 2.26. The van der Waals surface area contributed by atoms with Crippen LogP contribution >= 0.6 is 0 Å². The Hall–Kier alpha value is -0.900. The van der Waals surface area contributed by atoms with E-state index in [4.69, 9.17) is 10.3 Å². The van der Waals surface area contributed by atoms with Gasteiger partial charge in [-0.15, -0.1) is 0 Å². The molecule has 0 bridgehead atoms. The maximum atomic E-state index is 6.38. The van der Waals surface area contributed by atoms with E-state index in [9.17, 15) is 0 Å². The van der Waals surface area contributed by atoms with Crippen LogP contribution in [0.2, 0.25) is 0 Å². The highest BCUT2D eigenvalue weighted by atomic mass is 16.5. The number of rotatable bonds is 1. The number of hydrogen-bond donors (Lipinski definition) is 1. The summed E-state index contributed by atoms with van der Waals surface area (Å²) in [5, 5.41) is 3.97. The van der Waals surface area contributed by atoms with Crippen LogP contribution in [0.25, 0.3) is 0 Å². The Morgan fingerprint density at radius 3 is 2.27 bits per heavy atom. The van der Waals surface area contributed by atoms with Gasteiger partial charge in [-0.3, -0.25) is 0 Å². The normalized spacial score (nSPS) is 22.0. The zero-order valence-corrected chi connectivity index (χ0v) is 9.33. The molecule has 4 nitrogen and oxygen atoms in total. The molecule has 2 rings (SSSR count). The molecule has 84 valence electrons. The average Bonchev–Trinajstić information content (AvgIpc) is 2.59. The molecule has 0 aromatic carbocycles. The van der Waals surface area contributed by atoms with Gasteiger partial charge in [0.05, 0.1) is 5.54 Å². The first-order valence-electron chi connectivity index (χ1n) is 5.80. The molecule has 0 amide bonds. The molecule has 1 aliphatic rings. The van der Waals surface area contributed by atoms with Gasteiger partial charge in [0.1, 0.15) is 0 Å². The molecular weight excluding hydrogens is 190 g/mol. The Morgan fingerprint density at radius 1 is 1.13 bits per heavy atom. The molecule has 1 heterocycles. The van der Waals surface area contributed by atoms with E-state index in [1.165, 1.54) is 32.1 Å². The molecule has 0 atom stereocenters. The zero-order chi connectivity index (χ0) is 10.7. The van der Waals surface area contributed by atoms with Gasteiger partial charge < -0.3 is 10.3 Å². The topological polar surface area (TPSA) is 64.9 Å². The van der Waals surface area contributed by atoms with Crippen molar-refractivity contribution < 1.29 is 4.52 Å². The Labute approximate surface area is 90.2 Å². The minimum atomic E-state index is -0.349. The van der Waals surface area contributed by atoms with Gasteiger partial charge in [0.25, 0.3) is 0 Å². The van der Waals surface area contributed by atoms with Crippen LogP contribution in [0.15, 0.2) is 4.52 Å². The predicted octanol–water partition coefficient (Wildman–Crippen LogP) is 2.28. The zero-order valence-electron chi connectivity index (χ0n) is 9.33. The molecule has 0 aliphatic heterocycles. The number of aryl methyl sites for hydroxylation is 1. The van der Waals surface area contributed by atoms with Gasteiger partial charge in [0, 0.05) is 6.92 Å². The molecule has 0 spiro atoms. The summed E-state index contributed by atoms with van der Waals surface area (Å²) in [7, 11) is 0. The van der Waals surface area contributed by atoms with Crippen molar-refractivity contribution in [3.8, 4) is 0 Å². The van der Waals surface area contributed by atoms with Crippen LogP contribution in [0.5, 0.6) is 0 Å². The molecule has 0 unspecified atom stereocenters. The average molecular weight is 209 g/mol. The predicted molar refractivity (Wildman–Crippen MR) is 57.2 cm³/mol. The summed E-state index contributed by atoms with van der Waals surface area (Å²) >= 11 is 0. The summed E-state index contributed by atoms with van der Waals surface area (Å²) in [5.41, 5.74) is 6.03. The summed E-state index contributed by atoms with van der Waals surface area (Å²) < 4.78 is 5.01. The van der Waals surface area contributed by atoms with Gasteiger partial charge in [0.2, 0.25) is 5.89 Å². The second-order valence-electron chi connectivity index (χ2n) is 4.56. The van der Waals surface area contributed by atoms with E-state index in [0.29, 0.717) is 11.7 Å². The third-order valence-corrected chi connectivity index (χ3v) is 3.22. The summed E-state index contributed by atoms with van der Waals surface area (Å²) in [6.45, 7) is 1.81. The van der Waals surface area contributed by atoms with Crippen molar-refractivity contribution in [2.45, 2.75) is 57.4 Å². The lowest BCUT2D eigenvalue weighted by atomic mass is 9.84. The fraction of sp³-hybridized carbons (Fsp3) is 0.818. The first kappa shape index (κ1) is 10.6. The van der Waals surface area contributed by atoms with Crippen molar-refractivity contribution in [2.24, 2.45) is 5.73 Å². The first-order chi connectivity index (χ1) is 7.21. The summed E-state index contributed by atoms with van der Waals surface area (Å²) in [5.74, 6) is 1.30. The molecule has 1 aromatic rings. The Bertz CT molecular complexity index is 313. The molecule has 2 N–H and O–H groups in total. The lowest BCUT2D eigenvalue weighted by Gasteiger charge is -2.27. The van der Waals surface area contributed by atoms with E-state index < -0.39 is 0 Å². The first-order valence-corrected chi connectivity index (χ1v) is 5.80. The third-order valence-electron chi connectivity index (χ3n) is 3.22. The highest BCUT2D eigenvalue weighted by Gasteiger charge is 2.32. The molecule has 0 saturated heterocycles. The maximum Gasteiger partial charge on any atom is 0.223 e. The van der Waals surface area contributed by atoms with E-state index in [1.807, 2.05) is 6.92 Å². The van der Waals surface area contributed by atoms with Gasteiger partial charge in [-0.25, -0.2) is 0 Å². The van der Waals surface area contributed by atoms with Crippen LogP contribution in [0, 0.1) is 6.92 Å². The standard InChI is InChI=1S/C11H19N3O/c1-9-13-10(14-15-9)11(12)7-5-3-2-4-6-8-11/h2-8,12H2,1H3. The third kappa shape index (κ3) is 2.37. The van der Waals surface area contributed by atoms with Crippen LogP contribution < -0.4 is 5.73 Å². The Morgan fingerprint density at radius 2 is 1.73 bits per heavy atom. The van der Waals surface area contributed by atoms with Gasteiger partial charge in [0.15, 0.2) is 5.82 Å². The van der Waals surface area contributed by atoms with Crippen molar-refractivity contribution in [3.05, 3.63) is 11.7 Å². The van der Waals surface area contributed by atoms with E-state index in [1.54, 1.807) is 0 Å². The largest absolute Gasteiger partial charge is 0.340 e. The van der Waals surface area contributed by atoms with Crippen molar-refractivity contribution in [1.82, 2.24) is 10.1 Å². The summed E-state index contributed by atoms with van der Waals surface area (Å²) in [6, 6.07) is 0. The Balaban J connectivity index is 2.15. The van der Waals surface area contributed by atoms with E-state index in [-0.39, 0.29) is 5.54 Å². The smallest absolute Gasteiger partial charge is 0.223 e. The number of nitrogens with two attached hydrogens (primary N) is 1. The van der Waals surface area contributed by atoms with Crippen LogP contribution in [0.3, 0.4) is 0 Å². The SMILES string of the molecule is Cc1nc(C2(N)CCCCCCC2)no1. The van der Waals surface area contributed by atoms with Gasteiger partial charge in [-0.2, -0.15) is 4.98 Å². The minimum absolute atomic E-state index is 0.349. The second kappa shape index (κ2) is 4.31. The molecule has 4 heteroatoms. The van der Waals surface area contributed by atoms with E-state index >= 15 is 0 Å². The Kier molecular flexibility index (Phi) is 3.05. The molecular formula is C11H19N3O. The van der Waals surface area contributed by atoms with Gasteiger partial charge in [-0.1, -0.05) is 37.3 Å². The highest BCUT2D eigenvalue weighted by Crippen LogP contribution is 2.31. The van der Waals surface area contributed by atoms with Crippen molar-refractivity contribution in [3.63, 3.8) is 0 Å². The van der Waals surface area contributed by atoms with Crippen LogP contribution in [0.1, 0.15) is 56.7 Å². The molecule has 1 aliphatic carbocycles. The lowest BCUT2D eigenvalue weighted by molar-refractivity contribution is 0.291. The van der Waals surface area contributed by atoms with Crippen LogP contribution in [-0.2, 0) is 5.54 Å². The van der Waals surface area contributed by atoms with Gasteiger partial charge >= 0.3 is 0 Å². The highest BCUT2D eigenvalue weighted by molar-refractivity contribution is 5.03. The van der Waals surface area contributed by atoms with Crippen molar-refractivity contribution in [1.29, 1.82) is 0 Å². The minimum Gasteiger partial charge on any atom is -0.340 e. The van der Waals surface area contributed by atoms with Crippen LogP contribution in [-0.4, -0.2) is 10.1 Å². The lowest BCUT2D eigenvalue weighted by Crippen LogP contribution is -2.38. The quantitative estimate of drug-likeness (QED) is 0.770. The maximum absolute atomic E-state index is 6.38.